The molecule has 0 unspecified atom stereocenters. The molecule has 0 saturated carbocycles. The molecule has 0 saturated heterocycles. The van der Waals surface area contributed by atoms with Crippen LogP contribution in [0.15, 0.2) is 29.0 Å². The number of aliphatic hydroxyl groups is 1. The summed E-state index contributed by atoms with van der Waals surface area (Å²) < 4.78 is 4.80. The van der Waals surface area contributed by atoms with Crippen molar-refractivity contribution >= 4 is 11.7 Å². The number of carbonyl (C=O) groups is 1. The summed E-state index contributed by atoms with van der Waals surface area (Å²) in [6.07, 6.45) is 3.16. The molecule has 86 valence electrons. The van der Waals surface area contributed by atoms with Crippen molar-refractivity contribution in [3.63, 3.8) is 0 Å². The molecule has 0 radical (unpaired) electrons. The molecule has 2 aliphatic heterocycles. The Kier molecular flexibility index (Phi) is 2.53. The van der Waals surface area contributed by atoms with Crippen molar-refractivity contribution in [1.82, 2.24) is 15.6 Å². The van der Waals surface area contributed by atoms with Gasteiger partial charge in [0, 0.05) is 18.7 Å². The van der Waals surface area contributed by atoms with Crippen molar-refractivity contribution in [2.24, 2.45) is 4.99 Å². The smallest absolute Gasteiger partial charge is 0.304 e. The highest BCUT2D eigenvalue weighted by Crippen LogP contribution is 2.20. The number of nitrogens with one attached hydrogen (secondary N) is 1. The Balaban J connectivity index is 2.06. The van der Waals surface area contributed by atoms with E-state index in [1.807, 2.05) is 0 Å². The fraction of sp³-hybridized carbons (Fsp3) is 0.333. The maximum atomic E-state index is 10.6. The number of allylic oxidation sites excluding steroid dienone is 1. The third kappa shape index (κ3) is 1.98. The number of carbonyl (C=O) groups excluding carboxylic acids is 1. The van der Waals surface area contributed by atoms with E-state index in [1.54, 1.807) is 13.1 Å². The van der Waals surface area contributed by atoms with Crippen LogP contribution < -0.4 is 5.53 Å². The number of ether oxygens (including phenoxy) is 1. The minimum absolute atomic E-state index is 0.0454. The van der Waals surface area contributed by atoms with Gasteiger partial charge in [-0.2, -0.15) is 0 Å². The number of rotatable bonds is 2. The van der Waals surface area contributed by atoms with Crippen LogP contribution in [-0.2, 0) is 9.53 Å². The van der Waals surface area contributed by atoms with Gasteiger partial charge in [0.05, 0.1) is 6.20 Å². The van der Waals surface area contributed by atoms with Gasteiger partial charge in [-0.05, 0) is 6.92 Å². The number of hydrogen-bond acceptors (Lipinski definition) is 7. The van der Waals surface area contributed by atoms with Gasteiger partial charge in [-0.25, -0.2) is 10.0 Å². The maximum Gasteiger partial charge on any atom is 0.304 e. The second kappa shape index (κ2) is 3.86. The van der Waals surface area contributed by atoms with Crippen LogP contribution >= 0.6 is 0 Å². The number of esters is 1. The standard InChI is InChI=1S/C9H12N4O3/c1-6-3-9(15)13-8(10-6)4-12(11-13)5-16-7(2)14/h3-4,11,15H,5H2,1-2H3. The fourth-order valence-corrected chi connectivity index (χ4v) is 1.34. The number of aliphatic imine (C=N–C) groups is 1. The van der Waals surface area contributed by atoms with E-state index in [2.05, 4.69) is 10.5 Å². The van der Waals surface area contributed by atoms with E-state index < -0.39 is 0 Å². The van der Waals surface area contributed by atoms with Crippen LogP contribution in [0.4, 0.5) is 0 Å². The highest BCUT2D eigenvalue weighted by molar-refractivity contribution is 5.94. The van der Waals surface area contributed by atoms with Gasteiger partial charge in [-0.15, -0.1) is 5.53 Å². The number of fused-ring (bicyclic) bond motifs is 1. The van der Waals surface area contributed by atoms with Gasteiger partial charge in [-0.3, -0.25) is 9.80 Å². The highest BCUT2D eigenvalue weighted by atomic mass is 16.5. The zero-order valence-corrected chi connectivity index (χ0v) is 8.97. The van der Waals surface area contributed by atoms with Crippen LogP contribution in [0.25, 0.3) is 0 Å². The Hall–Kier alpha value is -2.02. The van der Waals surface area contributed by atoms with E-state index >= 15 is 0 Å². The molecule has 0 amide bonds. The average molecular weight is 224 g/mol. The summed E-state index contributed by atoms with van der Waals surface area (Å²) in [4.78, 5) is 14.8. The first-order chi connectivity index (χ1) is 7.56. The molecule has 2 aliphatic rings. The van der Waals surface area contributed by atoms with E-state index in [0.29, 0.717) is 11.5 Å². The van der Waals surface area contributed by atoms with Crippen molar-refractivity contribution in [1.29, 1.82) is 0 Å². The SMILES string of the molecule is CC(=O)OCN1C=C2N=C(C)C=C(O)N2N1. The normalized spacial score (nSPS) is 18.8. The molecule has 0 atom stereocenters. The van der Waals surface area contributed by atoms with Gasteiger partial charge in [-0.1, -0.05) is 0 Å². The molecule has 7 nitrogen and oxygen atoms in total. The molecule has 0 spiro atoms. The maximum absolute atomic E-state index is 10.6. The molecule has 0 aromatic heterocycles. The van der Waals surface area contributed by atoms with Crippen molar-refractivity contribution in [2.75, 3.05) is 6.73 Å². The lowest BCUT2D eigenvalue weighted by Gasteiger charge is -2.23. The summed E-state index contributed by atoms with van der Waals surface area (Å²) in [5, 5.41) is 12.5. The van der Waals surface area contributed by atoms with E-state index in [-0.39, 0.29) is 18.6 Å². The zero-order valence-electron chi connectivity index (χ0n) is 8.97. The highest BCUT2D eigenvalue weighted by Gasteiger charge is 2.26. The molecule has 16 heavy (non-hydrogen) atoms. The van der Waals surface area contributed by atoms with E-state index in [9.17, 15) is 9.90 Å². The molecule has 0 aliphatic carbocycles. The van der Waals surface area contributed by atoms with Crippen molar-refractivity contribution < 1.29 is 14.6 Å². The van der Waals surface area contributed by atoms with Crippen LogP contribution in [0.3, 0.4) is 0 Å². The van der Waals surface area contributed by atoms with Crippen molar-refractivity contribution in [3.05, 3.63) is 24.0 Å². The second-order valence-corrected chi connectivity index (χ2v) is 3.41. The van der Waals surface area contributed by atoms with E-state index in [4.69, 9.17) is 4.74 Å². The molecule has 0 fully saturated rings. The third-order valence-corrected chi connectivity index (χ3v) is 1.99. The summed E-state index contributed by atoms with van der Waals surface area (Å²) in [5.41, 5.74) is 3.49. The second-order valence-electron chi connectivity index (χ2n) is 3.41. The van der Waals surface area contributed by atoms with Gasteiger partial charge in [0.15, 0.2) is 12.6 Å². The van der Waals surface area contributed by atoms with Crippen molar-refractivity contribution in [3.8, 4) is 0 Å². The molecule has 2 heterocycles. The lowest BCUT2D eigenvalue weighted by atomic mass is 10.3. The summed E-state index contributed by atoms with van der Waals surface area (Å²) in [6, 6.07) is 0. The van der Waals surface area contributed by atoms with E-state index in [0.717, 1.165) is 0 Å². The lowest BCUT2D eigenvalue weighted by molar-refractivity contribution is -0.146. The Morgan fingerprint density at radius 3 is 3.12 bits per heavy atom. The monoisotopic (exact) mass is 224 g/mol. The summed E-state index contributed by atoms with van der Waals surface area (Å²) in [5.74, 6) is 0.221. The summed E-state index contributed by atoms with van der Waals surface area (Å²) in [6.45, 7) is 3.16. The molecule has 7 heteroatoms. The molecule has 0 aromatic rings. The van der Waals surface area contributed by atoms with Gasteiger partial charge in [0.1, 0.15) is 0 Å². The number of aliphatic hydroxyl groups excluding tert-OH is 1. The first-order valence-electron chi connectivity index (χ1n) is 4.70. The number of nitrogens with zero attached hydrogens (tertiary/aromatic N) is 3. The predicted octanol–water partition coefficient (Wildman–Crippen LogP) is 0.217. The predicted molar refractivity (Wildman–Crippen MR) is 55.4 cm³/mol. The molecular weight excluding hydrogens is 212 g/mol. The zero-order chi connectivity index (χ0) is 11.7. The van der Waals surface area contributed by atoms with Crippen LogP contribution in [0.2, 0.25) is 0 Å². The lowest BCUT2D eigenvalue weighted by Crippen LogP contribution is -2.41. The Morgan fingerprint density at radius 1 is 1.69 bits per heavy atom. The minimum atomic E-state index is -0.371. The first kappa shape index (κ1) is 10.5. The Morgan fingerprint density at radius 2 is 2.44 bits per heavy atom. The summed E-state index contributed by atoms with van der Waals surface area (Å²) >= 11 is 0. The van der Waals surface area contributed by atoms with Crippen LogP contribution in [0, 0.1) is 0 Å². The van der Waals surface area contributed by atoms with Crippen LogP contribution in [-0.4, -0.2) is 33.5 Å². The third-order valence-electron chi connectivity index (χ3n) is 1.99. The minimum Gasteiger partial charge on any atom is -0.493 e. The van der Waals surface area contributed by atoms with Gasteiger partial charge >= 0.3 is 5.97 Å². The topological polar surface area (TPSA) is 77.4 Å². The summed E-state index contributed by atoms with van der Waals surface area (Å²) in [7, 11) is 0. The van der Waals surface area contributed by atoms with Crippen LogP contribution in [0.1, 0.15) is 13.8 Å². The van der Waals surface area contributed by atoms with E-state index in [1.165, 1.54) is 23.0 Å². The molecular formula is C9H12N4O3. The molecule has 0 aromatic carbocycles. The molecule has 2 rings (SSSR count). The fourth-order valence-electron chi connectivity index (χ4n) is 1.34. The quantitative estimate of drug-likeness (QED) is 0.653. The van der Waals surface area contributed by atoms with Gasteiger partial charge < -0.3 is 9.84 Å². The number of hydrogen-bond donors (Lipinski definition) is 2. The Bertz CT molecular complexity index is 413. The molecule has 0 bridgehead atoms. The Labute approximate surface area is 92.2 Å². The van der Waals surface area contributed by atoms with Gasteiger partial charge in [0.25, 0.3) is 0 Å². The van der Waals surface area contributed by atoms with Crippen molar-refractivity contribution in [2.45, 2.75) is 13.8 Å². The largest absolute Gasteiger partial charge is 0.493 e. The number of hydrazine groups is 2. The average Bonchev–Trinajstić information content (AvgIpc) is 2.57. The first-order valence-corrected chi connectivity index (χ1v) is 4.70. The molecule has 2 N–H and O–H groups in total. The van der Waals surface area contributed by atoms with Crippen LogP contribution in [0.5, 0.6) is 0 Å². The van der Waals surface area contributed by atoms with Gasteiger partial charge in [0.2, 0.25) is 5.88 Å².